The van der Waals surface area contributed by atoms with Crippen molar-refractivity contribution in [1.82, 2.24) is 5.32 Å². The quantitative estimate of drug-likeness (QED) is 0.799. The van der Waals surface area contributed by atoms with Gasteiger partial charge in [0.25, 0.3) is 0 Å². The van der Waals surface area contributed by atoms with Gasteiger partial charge in [-0.3, -0.25) is 0 Å². The number of hydrogen-bond donors (Lipinski definition) is 1. The van der Waals surface area contributed by atoms with Crippen LogP contribution in [0.4, 0.5) is 0 Å². The minimum atomic E-state index is 0.535. The molecule has 0 atom stereocenters. The molecule has 0 heterocycles. The molecule has 0 radical (unpaired) electrons. The highest BCUT2D eigenvalue weighted by molar-refractivity contribution is 5.30. The van der Waals surface area contributed by atoms with Crippen molar-refractivity contribution in [3.8, 4) is 0 Å². The molecule has 2 nitrogen and oxygen atoms in total. The van der Waals surface area contributed by atoms with Crippen LogP contribution in [0.25, 0.3) is 0 Å². The van der Waals surface area contributed by atoms with Gasteiger partial charge in [0.15, 0.2) is 0 Å². The first-order valence-electron chi connectivity index (χ1n) is 6.91. The fraction of sp³-hybridized carbons (Fsp3) is 0.625. The van der Waals surface area contributed by atoms with Gasteiger partial charge < -0.3 is 10.1 Å². The van der Waals surface area contributed by atoms with Crippen LogP contribution in [0.5, 0.6) is 0 Å². The molecule has 100 valence electrons. The van der Waals surface area contributed by atoms with Crippen molar-refractivity contribution in [2.24, 2.45) is 5.41 Å². The fourth-order valence-electron chi connectivity index (χ4n) is 2.46. The summed E-state index contributed by atoms with van der Waals surface area (Å²) in [4.78, 5) is 0. The van der Waals surface area contributed by atoms with E-state index < -0.39 is 0 Å². The molecule has 0 amide bonds. The minimum Gasteiger partial charge on any atom is -0.385 e. The molecule has 1 aromatic rings. The zero-order valence-corrected chi connectivity index (χ0v) is 11.9. The van der Waals surface area contributed by atoms with Crippen molar-refractivity contribution in [1.29, 1.82) is 0 Å². The zero-order chi connectivity index (χ0) is 13.0. The van der Waals surface area contributed by atoms with Gasteiger partial charge in [-0.15, -0.1) is 0 Å². The summed E-state index contributed by atoms with van der Waals surface area (Å²) in [5.41, 5.74) is 4.69. The van der Waals surface area contributed by atoms with Crippen molar-refractivity contribution >= 4 is 0 Å². The molecule has 0 aliphatic heterocycles. The van der Waals surface area contributed by atoms with Gasteiger partial charge in [0.2, 0.25) is 0 Å². The van der Waals surface area contributed by atoms with Crippen molar-refractivity contribution in [2.45, 2.75) is 39.7 Å². The average Bonchev–Trinajstić information content (AvgIpc) is 3.12. The number of rotatable bonds is 7. The van der Waals surface area contributed by atoms with E-state index in [2.05, 4.69) is 37.4 Å². The normalized spacial score (nSPS) is 16.8. The first kappa shape index (κ1) is 13.6. The maximum Gasteiger partial charge on any atom is 0.0468 e. The fourth-order valence-corrected chi connectivity index (χ4v) is 2.46. The van der Waals surface area contributed by atoms with Gasteiger partial charge in [0.1, 0.15) is 0 Å². The molecule has 2 heteroatoms. The van der Waals surface area contributed by atoms with Crippen LogP contribution in [0.15, 0.2) is 18.2 Å². The molecule has 0 aromatic heterocycles. The molecular formula is C16H25NO. The lowest BCUT2D eigenvalue weighted by atomic mass is 10.0. The number of ether oxygens (including phenoxy) is 1. The highest BCUT2D eigenvalue weighted by atomic mass is 16.5. The van der Waals surface area contributed by atoms with Gasteiger partial charge in [-0.2, -0.15) is 0 Å². The maximum absolute atomic E-state index is 5.19. The third kappa shape index (κ3) is 3.56. The summed E-state index contributed by atoms with van der Waals surface area (Å²) in [5, 5.41) is 3.63. The molecule has 1 saturated carbocycles. The highest BCUT2D eigenvalue weighted by Gasteiger charge is 2.41. The summed E-state index contributed by atoms with van der Waals surface area (Å²) in [6, 6.07) is 6.68. The summed E-state index contributed by atoms with van der Waals surface area (Å²) in [5.74, 6) is 0. The summed E-state index contributed by atoms with van der Waals surface area (Å²) < 4.78 is 5.19. The van der Waals surface area contributed by atoms with E-state index in [1.54, 1.807) is 7.11 Å². The highest BCUT2D eigenvalue weighted by Crippen LogP contribution is 2.48. The van der Waals surface area contributed by atoms with E-state index in [1.165, 1.54) is 36.0 Å². The molecule has 18 heavy (non-hydrogen) atoms. The Bertz CT molecular complexity index is 396. The topological polar surface area (TPSA) is 21.3 Å². The third-order valence-electron chi connectivity index (χ3n) is 4.11. The van der Waals surface area contributed by atoms with E-state index in [0.29, 0.717) is 5.41 Å². The SMILES string of the molecule is COCCC1(CNCc2cc(C)ccc2C)CC1. The Balaban J connectivity index is 1.80. The number of hydrogen-bond acceptors (Lipinski definition) is 2. The molecule has 1 aliphatic rings. The van der Waals surface area contributed by atoms with E-state index in [4.69, 9.17) is 4.74 Å². The average molecular weight is 247 g/mol. The summed E-state index contributed by atoms with van der Waals surface area (Å²) >= 11 is 0. The third-order valence-corrected chi connectivity index (χ3v) is 4.11. The summed E-state index contributed by atoms with van der Waals surface area (Å²) in [6.45, 7) is 7.36. The first-order valence-corrected chi connectivity index (χ1v) is 6.91. The molecule has 1 N–H and O–H groups in total. The Morgan fingerprint density at radius 3 is 2.72 bits per heavy atom. The Labute approximate surface area is 111 Å². The van der Waals surface area contributed by atoms with Crippen LogP contribution >= 0.6 is 0 Å². The molecule has 1 aliphatic carbocycles. The van der Waals surface area contributed by atoms with Crippen molar-refractivity contribution < 1.29 is 4.74 Å². The van der Waals surface area contributed by atoms with E-state index in [9.17, 15) is 0 Å². The summed E-state index contributed by atoms with van der Waals surface area (Å²) in [6.07, 6.45) is 3.91. The monoisotopic (exact) mass is 247 g/mol. The standard InChI is InChI=1S/C16H25NO/c1-13-4-5-14(2)15(10-13)11-17-12-16(6-7-16)8-9-18-3/h4-5,10,17H,6-9,11-12H2,1-3H3. The van der Waals surface area contributed by atoms with E-state index in [-0.39, 0.29) is 0 Å². The maximum atomic E-state index is 5.19. The van der Waals surface area contributed by atoms with Gasteiger partial charge in [-0.1, -0.05) is 23.8 Å². The predicted molar refractivity (Wildman–Crippen MR) is 75.8 cm³/mol. The Morgan fingerprint density at radius 2 is 2.06 bits per heavy atom. The zero-order valence-electron chi connectivity index (χ0n) is 11.9. The van der Waals surface area contributed by atoms with Crippen LogP contribution in [-0.2, 0) is 11.3 Å². The van der Waals surface area contributed by atoms with Crippen LogP contribution in [0, 0.1) is 19.3 Å². The van der Waals surface area contributed by atoms with Crippen LogP contribution in [0.1, 0.15) is 36.0 Å². The second kappa shape index (κ2) is 5.85. The molecule has 0 saturated heterocycles. The molecule has 1 fully saturated rings. The van der Waals surface area contributed by atoms with E-state index in [1.807, 2.05) is 0 Å². The number of methoxy groups -OCH3 is 1. The van der Waals surface area contributed by atoms with Gasteiger partial charge in [0, 0.05) is 26.8 Å². The van der Waals surface area contributed by atoms with Crippen molar-refractivity contribution in [3.05, 3.63) is 34.9 Å². The van der Waals surface area contributed by atoms with E-state index in [0.717, 1.165) is 19.7 Å². The molecule has 0 bridgehead atoms. The van der Waals surface area contributed by atoms with Crippen LogP contribution in [-0.4, -0.2) is 20.3 Å². The van der Waals surface area contributed by atoms with Gasteiger partial charge >= 0.3 is 0 Å². The lowest BCUT2D eigenvalue weighted by Gasteiger charge is -2.16. The first-order chi connectivity index (χ1) is 8.65. The largest absolute Gasteiger partial charge is 0.385 e. The van der Waals surface area contributed by atoms with Crippen LogP contribution < -0.4 is 5.32 Å². The molecule has 0 spiro atoms. The lowest BCUT2D eigenvalue weighted by Crippen LogP contribution is -2.25. The van der Waals surface area contributed by atoms with Gasteiger partial charge in [0.05, 0.1) is 0 Å². The van der Waals surface area contributed by atoms with Gasteiger partial charge in [-0.25, -0.2) is 0 Å². The van der Waals surface area contributed by atoms with Gasteiger partial charge in [-0.05, 0) is 49.7 Å². The van der Waals surface area contributed by atoms with Crippen molar-refractivity contribution in [3.63, 3.8) is 0 Å². The van der Waals surface area contributed by atoms with Crippen molar-refractivity contribution in [2.75, 3.05) is 20.3 Å². The summed E-state index contributed by atoms with van der Waals surface area (Å²) in [7, 11) is 1.79. The molecule has 2 rings (SSSR count). The smallest absolute Gasteiger partial charge is 0.0468 e. The predicted octanol–water partition coefficient (Wildman–Crippen LogP) is 3.21. The second-order valence-corrected chi connectivity index (χ2v) is 5.78. The second-order valence-electron chi connectivity index (χ2n) is 5.78. The number of aryl methyl sites for hydroxylation is 2. The minimum absolute atomic E-state index is 0.535. The number of benzene rings is 1. The molecule has 0 unspecified atom stereocenters. The Morgan fingerprint density at radius 1 is 1.28 bits per heavy atom. The Hall–Kier alpha value is -0.860. The molecular weight excluding hydrogens is 222 g/mol. The van der Waals surface area contributed by atoms with E-state index >= 15 is 0 Å². The number of nitrogens with one attached hydrogen (secondary N) is 1. The molecule has 1 aromatic carbocycles. The lowest BCUT2D eigenvalue weighted by molar-refractivity contribution is 0.171. The van der Waals surface area contributed by atoms with Crippen LogP contribution in [0.3, 0.4) is 0 Å². The van der Waals surface area contributed by atoms with Crippen LogP contribution in [0.2, 0.25) is 0 Å². The Kier molecular flexibility index (Phi) is 4.41.